The maximum atomic E-state index is 13.1. The molecule has 26 heavy (non-hydrogen) atoms. The molecule has 136 valence electrons. The molecular weight excluding hydrogens is 351 g/mol. The monoisotopic (exact) mass is 372 g/mol. The molecule has 2 aromatic rings. The predicted octanol–water partition coefficient (Wildman–Crippen LogP) is 4.06. The number of rotatable bonds is 4. The normalized spacial score (nSPS) is 19.6. The van der Waals surface area contributed by atoms with Crippen molar-refractivity contribution in [3.8, 4) is 0 Å². The summed E-state index contributed by atoms with van der Waals surface area (Å²) in [6.07, 6.45) is 0. The van der Waals surface area contributed by atoms with Gasteiger partial charge in [0, 0.05) is 17.4 Å². The Kier molecular flexibility index (Phi) is 5.61. The number of carbonyl (C=O) groups is 2. The average molecular weight is 372 g/mol. The Labute approximate surface area is 156 Å². The molecular formula is C20H21FN2O2S. The molecule has 2 amide bonds. The fourth-order valence-corrected chi connectivity index (χ4v) is 4.35. The number of anilines is 1. The van der Waals surface area contributed by atoms with E-state index in [4.69, 9.17) is 0 Å². The first-order valence-electron chi connectivity index (χ1n) is 8.52. The van der Waals surface area contributed by atoms with E-state index < -0.39 is 6.04 Å². The minimum atomic E-state index is -0.565. The van der Waals surface area contributed by atoms with Crippen LogP contribution in [0.1, 0.15) is 24.8 Å². The number of hydrogen-bond donors (Lipinski definition) is 1. The van der Waals surface area contributed by atoms with Crippen molar-refractivity contribution in [1.29, 1.82) is 0 Å². The fourth-order valence-electron chi connectivity index (χ4n) is 2.91. The molecule has 0 aliphatic carbocycles. The summed E-state index contributed by atoms with van der Waals surface area (Å²) in [5.41, 5.74) is 1.52. The van der Waals surface area contributed by atoms with Crippen molar-refractivity contribution < 1.29 is 14.0 Å². The number of hydrogen-bond acceptors (Lipinski definition) is 3. The van der Waals surface area contributed by atoms with Gasteiger partial charge in [-0.2, -0.15) is 0 Å². The Balaban J connectivity index is 1.84. The zero-order chi connectivity index (χ0) is 18.7. The van der Waals surface area contributed by atoms with Crippen LogP contribution in [0, 0.1) is 11.7 Å². The molecule has 1 saturated heterocycles. The van der Waals surface area contributed by atoms with E-state index in [9.17, 15) is 14.0 Å². The number of amides is 2. The highest BCUT2D eigenvalue weighted by atomic mass is 32.2. The minimum Gasteiger partial charge on any atom is -0.324 e. The van der Waals surface area contributed by atoms with E-state index >= 15 is 0 Å². The molecule has 0 unspecified atom stereocenters. The van der Waals surface area contributed by atoms with Gasteiger partial charge in [-0.1, -0.05) is 44.2 Å². The zero-order valence-electron chi connectivity index (χ0n) is 14.7. The lowest BCUT2D eigenvalue weighted by Gasteiger charge is -2.30. The summed E-state index contributed by atoms with van der Waals surface area (Å²) in [7, 11) is 0. The lowest BCUT2D eigenvalue weighted by atomic mass is 10.1. The van der Waals surface area contributed by atoms with Crippen LogP contribution >= 0.6 is 11.8 Å². The lowest BCUT2D eigenvalue weighted by molar-refractivity contribution is -0.140. The van der Waals surface area contributed by atoms with Gasteiger partial charge in [0.2, 0.25) is 11.8 Å². The molecule has 4 nitrogen and oxygen atoms in total. The van der Waals surface area contributed by atoms with Gasteiger partial charge in [-0.25, -0.2) is 4.39 Å². The van der Waals surface area contributed by atoms with Gasteiger partial charge in [-0.15, -0.1) is 11.8 Å². The summed E-state index contributed by atoms with van der Waals surface area (Å²) in [6, 6.07) is 14.8. The highest BCUT2D eigenvalue weighted by Crippen LogP contribution is 2.42. The van der Waals surface area contributed by atoms with Gasteiger partial charge in [0.1, 0.15) is 17.2 Å². The third-order valence-electron chi connectivity index (χ3n) is 4.25. The SMILES string of the molecule is CC(C)C(=O)N1[C@@H](C(=O)Nc2ccc(F)cc2)CS[C@@H]1c1ccccc1. The van der Waals surface area contributed by atoms with E-state index in [2.05, 4.69) is 5.32 Å². The van der Waals surface area contributed by atoms with Crippen molar-refractivity contribution in [3.63, 3.8) is 0 Å². The summed E-state index contributed by atoms with van der Waals surface area (Å²) in [6.45, 7) is 3.67. The highest BCUT2D eigenvalue weighted by Gasteiger charge is 2.42. The van der Waals surface area contributed by atoms with Gasteiger partial charge >= 0.3 is 0 Å². The van der Waals surface area contributed by atoms with Gasteiger partial charge in [0.15, 0.2) is 0 Å². The molecule has 1 aliphatic rings. The summed E-state index contributed by atoms with van der Waals surface area (Å²) < 4.78 is 13.1. The number of carbonyl (C=O) groups excluding carboxylic acids is 2. The maximum Gasteiger partial charge on any atom is 0.248 e. The molecule has 1 fully saturated rings. The molecule has 3 rings (SSSR count). The van der Waals surface area contributed by atoms with Crippen LogP contribution in [0.15, 0.2) is 54.6 Å². The van der Waals surface area contributed by atoms with Gasteiger partial charge in [0.25, 0.3) is 0 Å². The van der Waals surface area contributed by atoms with E-state index in [0.29, 0.717) is 11.4 Å². The smallest absolute Gasteiger partial charge is 0.248 e. The molecule has 2 aromatic carbocycles. The quantitative estimate of drug-likeness (QED) is 0.880. The van der Waals surface area contributed by atoms with Crippen molar-refractivity contribution >= 4 is 29.3 Å². The molecule has 2 atom stereocenters. The molecule has 0 aromatic heterocycles. The highest BCUT2D eigenvalue weighted by molar-refractivity contribution is 7.99. The average Bonchev–Trinajstić information content (AvgIpc) is 3.08. The second-order valence-electron chi connectivity index (χ2n) is 6.51. The number of benzene rings is 2. The van der Waals surface area contributed by atoms with E-state index in [-0.39, 0.29) is 28.9 Å². The molecule has 0 saturated carbocycles. The first kappa shape index (κ1) is 18.5. The maximum absolute atomic E-state index is 13.1. The summed E-state index contributed by atoms with van der Waals surface area (Å²) in [4.78, 5) is 27.3. The van der Waals surface area contributed by atoms with E-state index in [0.717, 1.165) is 5.56 Å². The molecule has 0 spiro atoms. The zero-order valence-corrected chi connectivity index (χ0v) is 15.5. The third-order valence-corrected chi connectivity index (χ3v) is 5.57. The largest absolute Gasteiger partial charge is 0.324 e. The number of nitrogens with one attached hydrogen (secondary N) is 1. The summed E-state index contributed by atoms with van der Waals surface area (Å²) in [5, 5.41) is 2.61. The molecule has 0 radical (unpaired) electrons. The Morgan fingerprint density at radius 2 is 1.77 bits per heavy atom. The predicted molar refractivity (Wildman–Crippen MR) is 102 cm³/mol. The van der Waals surface area contributed by atoms with Crippen LogP contribution in [-0.4, -0.2) is 28.5 Å². The third kappa shape index (κ3) is 3.90. The standard InChI is InChI=1S/C20H21FN2O2S/c1-13(2)19(25)23-17(12-26-20(23)14-6-4-3-5-7-14)18(24)22-16-10-8-15(21)9-11-16/h3-11,13,17,20H,12H2,1-2H3,(H,22,24)/t17-,20-/m1/s1. The molecule has 0 bridgehead atoms. The Morgan fingerprint density at radius 1 is 1.12 bits per heavy atom. The summed E-state index contributed by atoms with van der Waals surface area (Å²) in [5.74, 6) is -0.355. The lowest BCUT2D eigenvalue weighted by Crippen LogP contribution is -2.46. The van der Waals surface area contributed by atoms with Crippen LogP contribution < -0.4 is 5.32 Å². The van der Waals surface area contributed by atoms with Crippen LogP contribution in [0.4, 0.5) is 10.1 Å². The number of halogens is 1. The van der Waals surface area contributed by atoms with Crippen LogP contribution in [0.25, 0.3) is 0 Å². The molecule has 6 heteroatoms. The van der Waals surface area contributed by atoms with E-state index in [1.807, 2.05) is 44.2 Å². The molecule has 1 N–H and O–H groups in total. The van der Waals surface area contributed by atoms with Crippen LogP contribution in [0.2, 0.25) is 0 Å². The first-order valence-corrected chi connectivity index (χ1v) is 9.57. The Hall–Kier alpha value is -2.34. The summed E-state index contributed by atoms with van der Waals surface area (Å²) >= 11 is 1.58. The minimum absolute atomic E-state index is 0.0527. The molecule has 1 aliphatic heterocycles. The van der Waals surface area contributed by atoms with Gasteiger partial charge in [0.05, 0.1) is 0 Å². The first-order chi connectivity index (χ1) is 12.5. The molecule has 1 heterocycles. The Bertz CT molecular complexity index is 780. The van der Waals surface area contributed by atoms with E-state index in [1.165, 1.54) is 24.3 Å². The van der Waals surface area contributed by atoms with Crippen LogP contribution in [0.5, 0.6) is 0 Å². The van der Waals surface area contributed by atoms with Crippen molar-refractivity contribution in [3.05, 3.63) is 66.0 Å². The number of nitrogens with zero attached hydrogens (tertiary/aromatic N) is 1. The van der Waals surface area contributed by atoms with Crippen molar-refractivity contribution in [2.24, 2.45) is 5.92 Å². The van der Waals surface area contributed by atoms with Crippen molar-refractivity contribution in [2.45, 2.75) is 25.3 Å². The van der Waals surface area contributed by atoms with Crippen LogP contribution in [-0.2, 0) is 9.59 Å². The second-order valence-corrected chi connectivity index (χ2v) is 7.62. The van der Waals surface area contributed by atoms with Gasteiger partial charge in [-0.3, -0.25) is 9.59 Å². The Morgan fingerprint density at radius 3 is 2.38 bits per heavy atom. The topological polar surface area (TPSA) is 49.4 Å². The van der Waals surface area contributed by atoms with Gasteiger partial charge < -0.3 is 10.2 Å². The van der Waals surface area contributed by atoms with Crippen molar-refractivity contribution in [1.82, 2.24) is 4.90 Å². The van der Waals surface area contributed by atoms with Crippen LogP contribution in [0.3, 0.4) is 0 Å². The van der Waals surface area contributed by atoms with Gasteiger partial charge in [-0.05, 0) is 29.8 Å². The second kappa shape index (κ2) is 7.91. The van der Waals surface area contributed by atoms with E-state index in [1.54, 1.807) is 16.7 Å². The number of thioether (sulfide) groups is 1. The van der Waals surface area contributed by atoms with Crippen molar-refractivity contribution in [2.75, 3.05) is 11.1 Å². The fraction of sp³-hybridized carbons (Fsp3) is 0.300.